The third-order valence-corrected chi connectivity index (χ3v) is 5.46. The van der Waals surface area contributed by atoms with E-state index in [1.165, 1.54) is 11.1 Å². The highest BCUT2D eigenvalue weighted by Gasteiger charge is 2.27. The van der Waals surface area contributed by atoms with Crippen LogP contribution >= 0.6 is 15.9 Å². The fourth-order valence-electron chi connectivity index (χ4n) is 3.50. The van der Waals surface area contributed by atoms with Gasteiger partial charge in [0.2, 0.25) is 5.91 Å². The second kappa shape index (κ2) is 9.27. The second-order valence-electron chi connectivity index (χ2n) is 7.31. The summed E-state index contributed by atoms with van der Waals surface area (Å²) in [4.78, 5) is 31.5. The Labute approximate surface area is 193 Å². The van der Waals surface area contributed by atoms with Crippen molar-refractivity contribution in [2.75, 3.05) is 18.0 Å². The largest absolute Gasteiger partial charge is 0.301 e. The van der Waals surface area contributed by atoms with E-state index in [1.54, 1.807) is 10.9 Å². The summed E-state index contributed by atoms with van der Waals surface area (Å²) in [5, 5.41) is 8.24. The van der Waals surface area contributed by atoms with Crippen molar-refractivity contribution in [2.45, 2.75) is 6.92 Å². The first-order valence-electron chi connectivity index (χ1n) is 9.94. The molecular formula is C23H21BrN6O2. The Balaban J connectivity index is 1.58. The van der Waals surface area contributed by atoms with E-state index >= 15 is 0 Å². The molecule has 0 atom stereocenters. The predicted molar refractivity (Wildman–Crippen MR) is 127 cm³/mol. The van der Waals surface area contributed by atoms with Crippen molar-refractivity contribution in [3.63, 3.8) is 0 Å². The molecule has 2 aromatic carbocycles. The van der Waals surface area contributed by atoms with Gasteiger partial charge in [-0.05, 0) is 25.1 Å². The Kier molecular flexibility index (Phi) is 6.27. The molecule has 0 bridgehead atoms. The molecule has 2 amide bonds. The number of hydrazone groups is 1. The van der Waals surface area contributed by atoms with Crippen LogP contribution in [0.1, 0.15) is 22.4 Å². The number of amides is 2. The minimum Gasteiger partial charge on any atom is -0.301 e. The fraction of sp³-hybridized carbons (Fsp3) is 0.174. The maximum absolute atomic E-state index is 12.9. The number of aromatic nitrogens is 2. The van der Waals surface area contributed by atoms with E-state index < -0.39 is 5.91 Å². The van der Waals surface area contributed by atoms with E-state index in [2.05, 4.69) is 36.5 Å². The topological polar surface area (TPSA) is 92.0 Å². The summed E-state index contributed by atoms with van der Waals surface area (Å²) in [5.41, 5.74) is 7.12. The van der Waals surface area contributed by atoms with Gasteiger partial charge in [0, 0.05) is 34.4 Å². The van der Waals surface area contributed by atoms with E-state index in [1.807, 2.05) is 62.5 Å². The molecule has 32 heavy (non-hydrogen) atoms. The van der Waals surface area contributed by atoms with Gasteiger partial charge in [0.05, 0.1) is 23.3 Å². The lowest BCUT2D eigenvalue weighted by Crippen LogP contribution is -2.40. The average molecular weight is 493 g/mol. The van der Waals surface area contributed by atoms with Gasteiger partial charge < -0.3 is 4.90 Å². The summed E-state index contributed by atoms with van der Waals surface area (Å²) in [6.07, 6.45) is 3.34. The molecule has 3 aromatic rings. The maximum Gasteiger partial charge on any atom is 0.260 e. The number of benzene rings is 2. The quantitative estimate of drug-likeness (QED) is 0.438. The van der Waals surface area contributed by atoms with E-state index in [-0.39, 0.29) is 19.0 Å². The van der Waals surface area contributed by atoms with Gasteiger partial charge in [-0.3, -0.25) is 19.3 Å². The number of aryl methyl sites for hydroxylation is 2. The molecule has 4 rings (SSSR count). The van der Waals surface area contributed by atoms with Crippen molar-refractivity contribution in [2.24, 2.45) is 17.1 Å². The molecule has 8 nitrogen and oxygen atoms in total. The van der Waals surface area contributed by atoms with Crippen LogP contribution in [0.5, 0.6) is 0 Å². The summed E-state index contributed by atoms with van der Waals surface area (Å²) in [7, 11) is 1.81. The molecule has 2 heterocycles. The molecule has 0 fully saturated rings. The Bertz CT molecular complexity index is 1230. The summed E-state index contributed by atoms with van der Waals surface area (Å²) in [6, 6.07) is 15.2. The number of hydrogen-bond donors (Lipinski definition) is 1. The van der Waals surface area contributed by atoms with E-state index in [0.29, 0.717) is 11.4 Å². The first-order valence-corrected chi connectivity index (χ1v) is 10.7. The molecule has 9 heteroatoms. The molecule has 0 aliphatic carbocycles. The summed E-state index contributed by atoms with van der Waals surface area (Å²) >= 11 is 3.50. The first-order chi connectivity index (χ1) is 15.4. The van der Waals surface area contributed by atoms with Crippen LogP contribution in [0, 0.1) is 6.92 Å². The number of carbonyl (C=O) groups excluding carboxylic acids is 2. The molecule has 1 aliphatic heterocycles. The minimum atomic E-state index is -0.409. The van der Waals surface area contributed by atoms with Gasteiger partial charge in [0.15, 0.2) is 0 Å². The number of nitrogens with zero attached hydrogens (tertiary/aromatic N) is 5. The summed E-state index contributed by atoms with van der Waals surface area (Å²) < 4.78 is 2.53. The molecule has 1 aromatic heterocycles. The van der Waals surface area contributed by atoms with Gasteiger partial charge >= 0.3 is 0 Å². The molecule has 0 saturated heterocycles. The standard InChI is InChI=1S/C23H21BrN6O2/c1-15-17(13-29(2)28-15)11-26-27-21(31)14-30-20-9-8-18(24)10-19(20)23(25-12-22(30)32)16-6-4-3-5-7-16/h3-11,13H,12,14H2,1-2H3,(H,27,31). The third-order valence-electron chi connectivity index (χ3n) is 4.97. The van der Waals surface area contributed by atoms with Crippen LogP contribution in [0.2, 0.25) is 0 Å². The lowest BCUT2D eigenvalue weighted by molar-refractivity contribution is -0.123. The van der Waals surface area contributed by atoms with E-state index in [9.17, 15) is 9.59 Å². The van der Waals surface area contributed by atoms with Gasteiger partial charge in [-0.2, -0.15) is 10.2 Å². The molecular weight excluding hydrogens is 472 g/mol. The highest BCUT2D eigenvalue weighted by molar-refractivity contribution is 9.10. The van der Waals surface area contributed by atoms with Crippen molar-refractivity contribution < 1.29 is 9.59 Å². The van der Waals surface area contributed by atoms with Crippen LogP contribution in [0.15, 0.2) is 69.3 Å². The summed E-state index contributed by atoms with van der Waals surface area (Å²) in [6.45, 7) is 1.63. The number of rotatable bonds is 5. The van der Waals surface area contributed by atoms with Gasteiger partial charge in [-0.1, -0.05) is 46.3 Å². The highest BCUT2D eigenvalue weighted by Crippen LogP contribution is 2.29. The van der Waals surface area contributed by atoms with Crippen LogP contribution < -0.4 is 10.3 Å². The SMILES string of the molecule is Cc1nn(C)cc1C=NNC(=O)CN1C(=O)CN=C(c2ccccc2)c2cc(Br)ccc21. The average Bonchev–Trinajstić information content (AvgIpc) is 3.03. The van der Waals surface area contributed by atoms with Gasteiger partial charge in [-0.15, -0.1) is 0 Å². The Morgan fingerprint density at radius 2 is 2.03 bits per heavy atom. The number of nitrogens with one attached hydrogen (secondary N) is 1. The van der Waals surface area contributed by atoms with Crippen LogP contribution in [-0.2, 0) is 16.6 Å². The third kappa shape index (κ3) is 4.67. The zero-order valence-corrected chi connectivity index (χ0v) is 19.2. The lowest BCUT2D eigenvalue weighted by atomic mass is 10.0. The monoisotopic (exact) mass is 492 g/mol. The number of benzodiazepines with no additional fused rings is 1. The molecule has 1 aliphatic rings. The smallest absolute Gasteiger partial charge is 0.260 e. The number of aliphatic imine (C=N–C) groups is 1. The Morgan fingerprint density at radius 3 is 2.75 bits per heavy atom. The number of anilines is 1. The normalized spacial score (nSPS) is 13.7. The van der Waals surface area contributed by atoms with Crippen molar-refractivity contribution in [3.8, 4) is 0 Å². The lowest BCUT2D eigenvalue weighted by Gasteiger charge is -2.22. The maximum atomic E-state index is 12.9. The van der Waals surface area contributed by atoms with Crippen molar-refractivity contribution in [3.05, 3.63) is 81.6 Å². The molecule has 0 saturated carbocycles. The van der Waals surface area contributed by atoms with Crippen LogP contribution in [0.4, 0.5) is 5.69 Å². The first kappa shape index (κ1) is 21.6. The zero-order valence-electron chi connectivity index (χ0n) is 17.6. The van der Waals surface area contributed by atoms with E-state index in [0.717, 1.165) is 26.9 Å². The highest BCUT2D eigenvalue weighted by atomic mass is 79.9. The minimum absolute atomic E-state index is 0.0536. The van der Waals surface area contributed by atoms with Crippen molar-refractivity contribution >= 4 is 45.4 Å². The van der Waals surface area contributed by atoms with Crippen LogP contribution in [-0.4, -0.2) is 46.6 Å². The van der Waals surface area contributed by atoms with E-state index in [4.69, 9.17) is 0 Å². The Morgan fingerprint density at radius 1 is 1.25 bits per heavy atom. The zero-order chi connectivity index (χ0) is 22.7. The molecule has 1 N–H and O–H groups in total. The van der Waals surface area contributed by atoms with Gasteiger partial charge in [-0.25, -0.2) is 5.43 Å². The molecule has 0 spiro atoms. The second-order valence-corrected chi connectivity index (χ2v) is 8.22. The number of fused-ring (bicyclic) bond motifs is 1. The summed E-state index contributed by atoms with van der Waals surface area (Å²) in [5.74, 6) is -0.671. The molecule has 0 radical (unpaired) electrons. The Hall–Kier alpha value is -3.59. The van der Waals surface area contributed by atoms with Crippen molar-refractivity contribution in [1.29, 1.82) is 0 Å². The predicted octanol–water partition coefficient (Wildman–Crippen LogP) is 2.83. The van der Waals surface area contributed by atoms with Crippen LogP contribution in [0.25, 0.3) is 0 Å². The van der Waals surface area contributed by atoms with Crippen LogP contribution in [0.3, 0.4) is 0 Å². The number of hydrogen-bond acceptors (Lipinski definition) is 5. The van der Waals surface area contributed by atoms with Gasteiger partial charge in [0.25, 0.3) is 5.91 Å². The number of carbonyl (C=O) groups is 2. The van der Waals surface area contributed by atoms with Gasteiger partial charge in [0.1, 0.15) is 13.1 Å². The van der Waals surface area contributed by atoms with Crippen molar-refractivity contribution in [1.82, 2.24) is 15.2 Å². The number of halogens is 1. The molecule has 162 valence electrons. The molecule has 0 unspecified atom stereocenters. The fourth-order valence-corrected chi connectivity index (χ4v) is 3.86.